The number of aryl methyl sites for hydroxylation is 1. The molecule has 2 atom stereocenters. The lowest BCUT2D eigenvalue weighted by Crippen LogP contribution is -2.21. The molecule has 5 nitrogen and oxygen atoms in total. The van der Waals surface area contributed by atoms with Crippen molar-refractivity contribution < 1.29 is 18.7 Å². The fourth-order valence-corrected chi connectivity index (χ4v) is 3.05. The van der Waals surface area contributed by atoms with Crippen LogP contribution in [-0.4, -0.2) is 23.2 Å². The van der Waals surface area contributed by atoms with Crippen LogP contribution < -0.4 is 0 Å². The van der Waals surface area contributed by atoms with E-state index in [1.54, 1.807) is 0 Å². The van der Waals surface area contributed by atoms with Crippen LogP contribution in [0.15, 0.2) is 46.9 Å². The minimum Gasteiger partial charge on any atom is -0.461 e. The van der Waals surface area contributed by atoms with Crippen LogP contribution in [0.1, 0.15) is 31.9 Å². The maximum absolute atomic E-state index is 12.1. The number of hydrogen-bond acceptors (Lipinski definition) is 5. The summed E-state index contributed by atoms with van der Waals surface area (Å²) in [6.45, 7) is 7.58. The lowest BCUT2D eigenvalue weighted by atomic mass is 9.97. The highest BCUT2D eigenvalue weighted by Crippen LogP contribution is 2.47. The molecule has 0 saturated carbocycles. The zero-order chi connectivity index (χ0) is 18.5. The lowest BCUT2D eigenvalue weighted by molar-refractivity contribution is -0.148. The SMILES string of the molecule is Cc1ccc(-c2nc3cc(C4(C)OC4C(=O)OC(C)C)ccc3o2)cc1. The first-order chi connectivity index (χ1) is 12.4. The molecule has 5 heteroatoms. The number of epoxide rings is 1. The van der Waals surface area contributed by atoms with Gasteiger partial charge in [0.1, 0.15) is 11.1 Å². The first kappa shape index (κ1) is 16.8. The molecule has 0 spiro atoms. The molecule has 2 unspecified atom stereocenters. The molecule has 4 rings (SSSR count). The van der Waals surface area contributed by atoms with Crippen molar-refractivity contribution >= 4 is 17.1 Å². The van der Waals surface area contributed by atoms with Gasteiger partial charge in [0.25, 0.3) is 0 Å². The summed E-state index contributed by atoms with van der Waals surface area (Å²) in [6.07, 6.45) is -0.739. The van der Waals surface area contributed by atoms with Crippen molar-refractivity contribution in [1.29, 1.82) is 0 Å². The van der Waals surface area contributed by atoms with Gasteiger partial charge in [-0.25, -0.2) is 9.78 Å². The van der Waals surface area contributed by atoms with Crippen molar-refractivity contribution in [2.45, 2.75) is 45.5 Å². The van der Waals surface area contributed by atoms with Crippen LogP contribution in [0.2, 0.25) is 0 Å². The van der Waals surface area contributed by atoms with Crippen molar-refractivity contribution in [2.75, 3.05) is 0 Å². The molecule has 1 aliphatic heterocycles. The average molecular weight is 351 g/mol. The van der Waals surface area contributed by atoms with Crippen LogP contribution in [0.5, 0.6) is 0 Å². The van der Waals surface area contributed by atoms with Crippen molar-refractivity contribution in [2.24, 2.45) is 0 Å². The van der Waals surface area contributed by atoms with Crippen molar-refractivity contribution in [3.8, 4) is 11.5 Å². The normalized spacial score (nSPS) is 22.0. The summed E-state index contributed by atoms with van der Waals surface area (Å²) in [7, 11) is 0. The van der Waals surface area contributed by atoms with Gasteiger partial charge in [-0.3, -0.25) is 0 Å². The van der Waals surface area contributed by atoms with Gasteiger partial charge in [0.15, 0.2) is 11.7 Å². The summed E-state index contributed by atoms with van der Waals surface area (Å²) in [5.74, 6) is 0.248. The number of hydrogen-bond donors (Lipinski definition) is 0. The van der Waals surface area contributed by atoms with Gasteiger partial charge in [-0.2, -0.15) is 0 Å². The van der Waals surface area contributed by atoms with E-state index >= 15 is 0 Å². The summed E-state index contributed by atoms with van der Waals surface area (Å²) < 4.78 is 16.8. The number of benzene rings is 2. The maximum Gasteiger partial charge on any atom is 0.338 e. The van der Waals surface area contributed by atoms with Gasteiger partial charge in [0.2, 0.25) is 5.89 Å². The molecule has 0 bridgehead atoms. The molecule has 0 N–H and O–H groups in total. The van der Waals surface area contributed by atoms with E-state index in [-0.39, 0.29) is 12.1 Å². The number of oxazole rings is 1. The highest BCUT2D eigenvalue weighted by molar-refractivity contribution is 5.82. The molecule has 1 aromatic heterocycles. The van der Waals surface area contributed by atoms with E-state index in [1.807, 2.05) is 70.2 Å². The van der Waals surface area contributed by atoms with Crippen LogP contribution in [0, 0.1) is 6.92 Å². The molecular formula is C21H21NO4. The molecule has 0 radical (unpaired) electrons. The van der Waals surface area contributed by atoms with E-state index in [0.717, 1.165) is 16.6 Å². The number of carbonyl (C=O) groups excluding carboxylic acids is 1. The first-order valence-corrected chi connectivity index (χ1v) is 8.73. The Kier molecular flexibility index (Phi) is 3.84. The van der Waals surface area contributed by atoms with Crippen LogP contribution in [-0.2, 0) is 19.9 Å². The third-order valence-electron chi connectivity index (χ3n) is 4.63. The highest BCUT2D eigenvalue weighted by atomic mass is 16.7. The summed E-state index contributed by atoms with van der Waals surface area (Å²) >= 11 is 0. The van der Waals surface area contributed by atoms with E-state index in [1.165, 1.54) is 5.56 Å². The highest BCUT2D eigenvalue weighted by Gasteiger charge is 2.59. The lowest BCUT2D eigenvalue weighted by Gasteiger charge is -2.08. The van der Waals surface area contributed by atoms with E-state index < -0.39 is 11.7 Å². The van der Waals surface area contributed by atoms with Gasteiger partial charge in [-0.15, -0.1) is 0 Å². The number of aromatic nitrogens is 1. The van der Waals surface area contributed by atoms with Gasteiger partial charge in [0, 0.05) is 5.56 Å². The summed E-state index contributed by atoms with van der Waals surface area (Å²) in [4.78, 5) is 16.7. The van der Waals surface area contributed by atoms with Gasteiger partial charge in [-0.1, -0.05) is 23.8 Å². The van der Waals surface area contributed by atoms with Gasteiger partial charge in [-0.05, 0) is 57.5 Å². The van der Waals surface area contributed by atoms with Crippen LogP contribution in [0.4, 0.5) is 0 Å². The zero-order valence-electron chi connectivity index (χ0n) is 15.3. The van der Waals surface area contributed by atoms with E-state index in [0.29, 0.717) is 11.5 Å². The number of carbonyl (C=O) groups is 1. The number of nitrogens with zero attached hydrogens (tertiary/aromatic N) is 1. The third kappa shape index (κ3) is 2.88. The minimum absolute atomic E-state index is 0.161. The second-order valence-electron chi connectivity index (χ2n) is 7.16. The van der Waals surface area contributed by atoms with Crippen LogP contribution in [0.25, 0.3) is 22.6 Å². The Labute approximate surface area is 151 Å². The number of fused-ring (bicyclic) bond motifs is 1. The summed E-state index contributed by atoms with van der Waals surface area (Å²) in [5.41, 5.74) is 3.77. The second kappa shape index (κ2) is 5.95. The number of esters is 1. The van der Waals surface area contributed by atoms with Crippen molar-refractivity contribution in [1.82, 2.24) is 4.98 Å². The molecule has 0 amide bonds. The van der Waals surface area contributed by atoms with Crippen LogP contribution in [0.3, 0.4) is 0 Å². The standard InChI is InChI=1S/C21H21NO4/c1-12(2)24-20(23)18-21(4,26-18)15-9-10-17-16(11-15)22-19(25-17)14-7-5-13(3)6-8-14/h5-12,18H,1-4H3. The molecule has 1 fully saturated rings. The Morgan fingerprint density at radius 1 is 1.19 bits per heavy atom. The van der Waals surface area contributed by atoms with E-state index in [4.69, 9.17) is 13.9 Å². The van der Waals surface area contributed by atoms with E-state index in [9.17, 15) is 4.79 Å². The molecular weight excluding hydrogens is 330 g/mol. The van der Waals surface area contributed by atoms with Gasteiger partial charge >= 0.3 is 5.97 Å². The smallest absolute Gasteiger partial charge is 0.338 e. The number of ether oxygens (including phenoxy) is 2. The Hall–Kier alpha value is -2.66. The Morgan fingerprint density at radius 2 is 1.92 bits per heavy atom. The predicted octanol–water partition coefficient (Wildman–Crippen LogP) is 4.37. The summed E-state index contributed by atoms with van der Waals surface area (Å²) in [5, 5.41) is 0. The Balaban J connectivity index is 1.62. The fraction of sp³-hybridized carbons (Fsp3) is 0.333. The number of rotatable bonds is 4. The van der Waals surface area contributed by atoms with Crippen molar-refractivity contribution in [3.05, 3.63) is 53.6 Å². The van der Waals surface area contributed by atoms with E-state index in [2.05, 4.69) is 4.98 Å². The molecule has 2 aromatic carbocycles. The summed E-state index contributed by atoms with van der Waals surface area (Å²) in [6, 6.07) is 13.7. The monoisotopic (exact) mass is 351 g/mol. The first-order valence-electron chi connectivity index (χ1n) is 8.73. The fourth-order valence-electron chi connectivity index (χ4n) is 3.05. The third-order valence-corrected chi connectivity index (χ3v) is 4.63. The van der Waals surface area contributed by atoms with Crippen molar-refractivity contribution in [3.63, 3.8) is 0 Å². The largest absolute Gasteiger partial charge is 0.461 e. The molecule has 1 aliphatic rings. The minimum atomic E-state index is -0.677. The van der Waals surface area contributed by atoms with Gasteiger partial charge in [0.05, 0.1) is 6.10 Å². The Bertz CT molecular complexity index is 973. The topological polar surface area (TPSA) is 64.9 Å². The average Bonchev–Trinajstić information content (AvgIpc) is 3.12. The Morgan fingerprint density at radius 3 is 2.62 bits per heavy atom. The predicted molar refractivity (Wildman–Crippen MR) is 97.6 cm³/mol. The maximum atomic E-state index is 12.1. The second-order valence-corrected chi connectivity index (χ2v) is 7.16. The van der Waals surface area contributed by atoms with Crippen LogP contribution >= 0.6 is 0 Å². The molecule has 3 aromatic rings. The molecule has 134 valence electrons. The molecule has 26 heavy (non-hydrogen) atoms. The molecule has 1 saturated heterocycles. The molecule has 0 aliphatic carbocycles. The quantitative estimate of drug-likeness (QED) is 0.516. The zero-order valence-corrected chi connectivity index (χ0v) is 15.3. The molecule has 2 heterocycles. The van der Waals surface area contributed by atoms with Gasteiger partial charge < -0.3 is 13.9 Å².